The number of thiophene rings is 1. The molecule has 1 saturated carbocycles. The molecule has 0 amide bonds. The number of rotatable bonds is 4. The van der Waals surface area contributed by atoms with Crippen LogP contribution >= 0.6 is 11.3 Å². The Bertz CT molecular complexity index is 285. The molecule has 1 fully saturated rings. The van der Waals surface area contributed by atoms with Crippen molar-refractivity contribution in [1.29, 1.82) is 0 Å². The van der Waals surface area contributed by atoms with E-state index in [9.17, 15) is 0 Å². The lowest BCUT2D eigenvalue weighted by atomic mass is 9.73. The molecule has 1 nitrogen and oxygen atoms in total. The Hall–Kier alpha value is -0.340. The minimum absolute atomic E-state index is 0.531. The zero-order valence-corrected chi connectivity index (χ0v) is 10.7. The lowest BCUT2D eigenvalue weighted by molar-refractivity contribution is 0.160. The van der Waals surface area contributed by atoms with Gasteiger partial charge >= 0.3 is 0 Å². The van der Waals surface area contributed by atoms with E-state index >= 15 is 0 Å². The van der Waals surface area contributed by atoms with Crippen molar-refractivity contribution in [3.05, 3.63) is 22.4 Å². The first-order valence-corrected chi connectivity index (χ1v) is 6.84. The van der Waals surface area contributed by atoms with Gasteiger partial charge in [-0.15, -0.1) is 11.3 Å². The summed E-state index contributed by atoms with van der Waals surface area (Å²) in [5.41, 5.74) is 0. The fraction of sp³-hybridized carbons (Fsp3) is 0.692. The molecule has 2 heteroatoms. The first-order chi connectivity index (χ1) is 7.16. The largest absolute Gasteiger partial charge is 0.307 e. The summed E-state index contributed by atoms with van der Waals surface area (Å²) in [6.45, 7) is 6.95. The molecule has 0 radical (unpaired) electrons. The van der Waals surface area contributed by atoms with Crippen LogP contribution in [-0.4, -0.2) is 6.04 Å². The third kappa shape index (κ3) is 2.61. The standard InChI is InChI=1S/C13H21NS/c1-9(2)11-7-12(8-11)14-10(3)13-5-4-6-15-13/h4-6,9-12,14H,7-8H2,1-3H3. The van der Waals surface area contributed by atoms with Crippen LogP contribution in [0.1, 0.15) is 44.5 Å². The van der Waals surface area contributed by atoms with Gasteiger partial charge in [-0.3, -0.25) is 0 Å². The lowest BCUT2D eigenvalue weighted by Gasteiger charge is -2.40. The van der Waals surface area contributed by atoms with Crippen LogP contribution in [-0.2, 0) is 0 Å². The number of hydrogen-bond acceptors (Lipinski definition) is 2. The maximum absolute atomic E-state index is 3.71. The molecule has 1 aromatic rings. The lowest BCUT2D eigenvalue weighted by Crippen LogP contribution is -2.43. The van der Waals surface area contributed by atoms with Gasteiger partial charge in [-0.2, -0.15) is 0 Å². The summed E-state index contributed by atoms with van der Waals surface area (Å²) in [6, 6.07) is 5.65. The molecule has 1 atom stereocenters. The minimum atomic E-state index is 0.531. The molecule has 1 heterocycles. The van der Waals surface area contributed by atoms with Gasteiger partial charge in [0.05, 0.1) is 0 Å². The average Bonchev–Trinajstić information content (AvgIpc) is 2.61. The van der Waals surface area contributed by atoms with E-state index in [0.717, 1.165) is 17.9 Å². The van der Waals surface area contributed by atoms with Crippen molar-refractivity contribution in [3.8, 4) is 0 Å². The molecule has 1 aliphatic carbocycles. The molecule has 0 saturated heterocycles. The van der Waals surface area contributed by atoms with Gasteiger partial charge < -0.3 is 5.32 Å². The maximum Gasteiger partial charge on any atom is 0.0388 e. The van der Waals surface area contributed by atoms with Crippen molar-refractivity contribution in [3.63, 3.8) is 0 Å². The molecule has 0 bridgehead atoms. The fourth-order valence-electron chi connectivity index (χ4n) is 2.32. The summed E-state index contributed by atoms with van der Waals surface area (Å²) in [5.74, 6) is 1.82. The molecule has 1 unspecified atom stereocenters. The molecule has 0 aliphatic heterocycles. The first kappa shape index (κ1) is 11.2. The Morgan fingerprint density at radius 2 is 2.07 bits per heavy atom. The van der Waals surface area contributed by atoms with Gasteiger partial charge in [-0.1, -0.05) is 19.9 Å². The van der Waals surface area contributed by atoms with Crippen molar-refractivity contribution >= 4 is 11.3 Å². The molecular weight excluding hydrogens is 202 g/mol. The predicted molar refractivity (Wildman–Crippen MR) is 67.2 cm³/mol. The van der Waals surface area contributed by atoms with Gasteiger partial charge in [-0.25, -0.2) is 0 Å². The molecular formula is C13H21NS. The Labute approximate surface area is 96.9 Å². The van der Waals surface area contributed by atoms with Gasteiger partial charge in [0.15, 0.2) is 0 Å². The van der Waals surface area contributed by atoms with Crippen LogP contribution in [0.25, 0.3) is 0 Å². The van der Waals surface area contributed by atoms with Crippen LogP contribution in [0.4, 0.5) is 0 Å². The highest BCUT2D eigenvalue weighted by Crippen LogP contribution is 2.35. The van der Waals surface area contributed by atoms with Gasteiger partial charge in [0.2, 0.25) is 0 Å². The summed E-state index contributed by atoms with van der Waals surface area (Å²) in [7, 11) is 0. The molecule has 1 N–H and O–H groups in total. The van der Waals surface area contributed by atoms with E-state index < -0.39 is 0 Å². The first-order valence-electron chi connectivity index (χ1n) is 5.96. The second-order valence-electron chi connectivity index (χ2n) is 5.08. The van der Waals surface area contributed by atoms with Crippen LogP contribution in [0, 0.1) is 11.8 Å². The summed E-state index contributed by atoms with van der Waals surface area (Å²) in [5, 5.41) is 5.87. The highest BCUT2D eigenvalue weighted by Gasteiger charge is 2.31. The van der Waals surface area contributed by atoms with E-state index in [1.54, 1.807) is 0 Å². The van der Waals surface area contributed by atoms with E-state index in [4.69, 9.17) is 0 Å². The third-order valence-corrected chi connectivity index (χ3v) is 4.63. The monoisotopic (exact) mass is 223 g/mol. The van der Waals surface area contributed by atoms with E-state index in [1.807, 2.05) is 11.3 Å². The van der Waals surface area contributed by atoms with Gasteiger partial charge in [0, 0.05) is 17.0 Å². The third-order valence-electron chi connectivity index (χ3n) is 3.57. The Balaban J connectivity index is 1.76. The van der Waals surface area contributed by atoms with Gasteiger partial charge in [-0.05, 0) is 43.0 Å². The Morgan fingerprint density at radius 3 is 2.60 bits per heavy atom. The van der Waals surface area contributed by atoms with E-state index in [2.05, 4.69) is 43.6 Å². The van der Waals surface area contributed by atoms with Crippen molar-refractivity contribution in [2.24, 2.45) is 11.8 Å². The van der Waals surface area contributed by atoms with Crippen LogP contribution in [0.3, 0.4) is 0 Å². The minimum Gasteiger partial charge on any atom is -0.307 e. The van der Waals surface area contributed by atoms with Gasteiger partial charge in [0.25, 0.3) is 0 Å². The highest BCUT2D eigenvalue weighted by molar-refractivity contribution is 7.10. The van der Waals surface area contributed by atoms with Crippen LogP contribution in [0.5, 0.6) is 0 Å². The van der Waals surface area contributed by atoms with Gasteiger partial charge in [0.1, 0.15) is 0 Å². The number of nitrogens with one attached hydrogen (secondary N) is 1. The zero-order valence-electron chi connectivity index (χ0n) is 9.86. The molecule has 0 aromatic carbocycles. The topological polar surface area (TPSA) is 12.0 Å². The predicted octanol–water partition coefficient (Wildman–Crippen LogP) is 3.83. The zero-order chi connectivity index (χ0) is 10.8. The molecule has 1 aliphatic rings. The van der Waals surface area contributed by atoms with Crippen LogP contribution in [0.2, 0.25) is 0 Å². The fourth-order valence-corrected chi connectivity index (χ4v) is 3.06. The van der Waals surface area contributed by atoms with E-state index in [1.165, 1.54) is 17.7 Å². The van der Waals surface area contributed by atoms with Crippen LogP contribution < -0.4 is 5.32 Å². The Kier molecular flexibility index (Phi) is 3.47. The second kappa shape index (κ2) is 4.67. The van der Waals surface area contributed by atoms with Crippen molar-refractivity contribution in [2.45, 2.75) is 45.7 Å². The summed E-state index contributed by atoms with van der Waals surface area (Å²) in [6.07, 6.45) is 2.74. The molecule has 1 aromatic heterocycles. The smallest absolute Gasteiger partial charge is 0.0388 e. The van der Waals surface area contributed by atoms with Crippen molar-refractivity contribution in [1.82, 2.24) is 5.32 Å². The molecule has 0 spiro atoms. The highest BCUT2D eigenvalue weighted by atomic mass is 32.1. The van der Waals surface area contributed by atoms with Crippen LogP contribution in [0.15, 0.2) is 17.5 Å². The quantitative estimate of drug-likeness (QED) is 0.818. The van der Waals surface area contributed by atoms with Crippen molar-refractivity contribution < 1.29 is 0 Å². The van der Waals surface area contributed by atoms with E-state index in [-0.39, 0.29) is 0 Å². The molecule has 15 heavy (non-hydrogen) atoms. The number of hydrogen-bond donors (Lipinski definition) is 1. The summed E-state index contributed by atoms with van der Waals surface area (Å²) < 4.78 is 0. The SMILES string of the molecule is CC(NC1CC(C(C)C)C1)c1cccs1. The van der Waals surface area contributed by atoms with E-state index in [0.29, 0.717) is 6.04 Å². The summed E-state index contributed by atoms with van der Waals surface area (Å²) in [4.78, 5) is 1.46. The normalized spacial score (nSPS) is 27.7. The summed E-state index contributed by atoms with van der Waals surface area (Å²) >= 11 is 1.85. The Morgan fingerprint density at radius 1 is 1.33 bits per heavy atom. The average molecular weight is 223 g/mol. The van der Waals surface area contributed by atoms with Crippen molar-refractivity contribution in [2.75, 3.05) is 0 Å². The molecule has 84 valence electrons. The second-order valence-corrected chi connectivity index (χ2v) is 6.06. The maximum atomic E-state index is 3.71. The molecule has 2 rings (SSSR count).